The molecule has 3 rings (SSSR count). The van der Waals surface area contributed by atoms with E-state index in [9.17, 15) is 0 Å². The molecule has 0 aliphatic carbocycles. The molecule has 1 atom stereocenters. The van der Waals surface area contributed by atoms with Crippen molar-refractivity contribution in [2.75, 3.05) is 59.2 Å². The van der Waals surface area contributed by atoms with E-state index in [1.165, 1.54) is 0 Å². The Morgan fingerprint density at radius 3 is 2.83 bits per heavy atom. The van der Waals surface area contributed by atoms with Crippen molar-refractivity contribution >= 4 is 0 Å². The van der Waals surface area contributed by atoms with Gasteiger partial charge in [-0.1, -0.05) is 0 Å². The van der Waals surface area contributed by atoms with Crippen molar-refractivity contribution in [3.05, 3.63) is 0 Å². The van der Waals surface area contributed by atoms with Gasteiger partial charge in [-0.3, -0.25) is 4.90 Å². The third kappa shape index (κ3) is 2.86. The molecule has 1 N–H and O–H groups in total. The number of morpholine rings is 1. The van der Waals surface area contributed by atoms with Crippen molar-refractivity contribution in [2.24, 2.45) is 0 Å². The second-order valence-electron chi connectivity index (χ2n) is 5.57. The zero-order valence-electron chi connectivity index (χ0n) is 11.0. The normalized spacial score (nSPS) is 36.7. The van der Waals surface area contributed by atoms with Crippen LogP contribution in [0.25, 0.3) is 0 Å². The van der Waals surface area contributed by atoms with Gasteiger partial charge in [-0.2, -0.15) is 0 Å². The highest BCUT2D eigenvalue weighted by Crippen LogP contribution is 2.24. The third-order valence-electron chi connectivity index (χ3n) is 4.22. The third-order valence-corrected chi connectivity index (χ3v) is 4.22. The molecule has 0 unspecified atom stereocenters. The van der Waals surface area contributed by atoms with Crippen molar-refractivity contribution in [3.8, 4) is 0 Å². The fraction of sp³-hybridized carbons (Fsp3) is 1.00. The standard InChI is InChI=1S/C13H24N2O3/c1-5-16-6-2-12(1)15-4-8-18-13(10-15)9-14-3-7-17-11-13/h12,14H,1-11H2/t13-/m1/s1. The average molecular weight is 256 g/mol. The Hall–Kier alpha value is -0.200. The SMILES string of the molecule is C1COC[C@@]2(CN1)CN(C1CCOCC1)CCO2. The summed E-state index contributed by atoms with van der Waals surface area (Å²) >= 11 is 0. The van der Waals surface area contributed by atoms with E-state index < -0.39 is 0 Å². The predicted molar refractivity (Wildman–Crippen MR) is 67.8 cm³/mol. The fourth-order valence-electron chi connectivity index (χ4n) is 3.20. The Balaban J connectivity index is 1.62. The average Bonchev–Trinajstić information content (AvgIpc) is 2.66. The molecule has 18 heavy (non-hydrogen) atoms. The largest absolute Gasteiger partial charge is 0.381 e. The van der Waals surface area contributed by atoms with Crippen LogP contribution in [-0.4, -0.2) is 75.8 Å². The van der Waals surface area contributed by atoms with Gasteiger partial charge in [0.05, 0.1) is 19.8 Å². The van der Waals surface area contributed by atoms with E-state index in [4.69, 9.17) is 14.2 Å². The number of rotatable bonds is 1. The van der Waals surface area contributed by atoms with Gasteiger partial charge >= 0.3 is 0 Å². The number of ether oxygens (including phenoxy) is 3. The fourth-order valence-corrected chi connectivity index (χ4v) is 3.20. The molecule has 3 fully saturated rings. The lowest BCUT2D eigenvalue weighted by molar-refractivity contribution is -0.147. The Morgan fingerprint density at radius 2 is 1.94 bits per heavy atom. The van der Waals surface area contributed by atoms with Crippen LogP contribution in [0.4, 0.5) is 0 Å². The highest BCUT2D eigenvalue weighted by Gasteiger charge is 2.40. The second kappa shape index (κ2) is 5.84. The van der Waals surface area contributed by atoms with Crippen LogP contribution in [0, 0.1) is 0 Å². The highest BCUT2D eigenvalue weighted by atomic mass is 16.5. The molecular weight excluding hydrogens is 232 g/mol. The maximum absolute atomic E-state index is 6.05. The maximum atomic E-state index is 6.05. The summed E-state index contributed by atoms with van der Waals surface area (Å²) < 4.78 is 17.2. The van der Waals surface area contributed by atoms with Gasteiger partial charge in [0, 0.05) is 45.4 Å². The summed E-state index contributed by atoms with van der Waals surface area (Å²) in [6.07, 6.45) is 2.31. The van der Waals surface area contributed by atoms with E-state index >= 15 is 0 Å². The highest BCUT2D eigenvalue weighted by molar-refractivity contribution is 4.93. The van der Waals surface area contributed by atoms with Gasteiger partial charge in [-0.05, 0) is 12.8 Å². The first-order valence-electron chi connectivity index (χ1n) is 7.12. The van der Waals surface area contributed by atoms with Crippen LogP contribution >= 0.6 is 0 Å². The minimum absolute atomic E-state index is 0.132. The first-order chi connectivity index (χ1) is 8.88. The van der Waals surface area contributed by atoms with Crippen LogP contribution in [-0.2, 0) is 14.2 Å². The smallest absolute Gasteiger partial charge is 0.116 e. The summed E-state index contributed by atoms with van der Waals surface area (Å²) in [5.41, 5.74) is -0.132. The van der Waals surface area contributed by atoms with Crippen molar-refractivity contribution in [1.29, 1.82) is 0 Å². The summed E-state index contributed by atoms with van der Waals surface area (Å²) in [5.74, 6) is 0. The molecule has 3 heterocycles. The summed E-state index contributed by atoms with van der Waals surface area (Å²) in [7, 11) is 0. The zero-order valence-corrected chi connectivity index (χ0v) is 11.0. The molecule has 3 aliphatic heterocycles. The van der Waals surface area contributed by atoms with E-state index in [-0.39, 0.29) is 5.60 Å². The Bertz CT molecular complexity index is 261. The monoisotopic (exact) mass is 256 g/mol. The van der Waals surface area contributed by atoms with Gasteiger partial charge in [0.1, 0.15) is 5.60 Å². The second-order valence-corrected chi connectivity index (χ2v) is 5.57. The van der Waals surface area contributed by atoms with Gasteiger partial charge in [0.15, 0.2) is 0 Å². The number of hydrogen-bond acceptors (Lipinski definition) is 5. The lowest BCUT2D eigenvalue weighted by Crippen LogP contribution is -2.60. The quantitative estimate of drug-likeness (QED) is 0.707. The van der Waals surface area contributed by atoms with Crippen molar-refractivity contribution in [2.45, 2.75) is 24.5 Å². The van der Waals surface area contributed by atoms with Crippen molar-refractivity contribution in [1.82, 2.24) is 10.2 Å². The summed E-state index contributed by atoms with van der Waals surface area (Å²) in [4.78, 5) is 2.59. The molecule has 104 valence electrons. The van der Waals surface area contributed by atoms with Gasteiger partial charge in [0.2, 0.25) is 0 Å². The molecule has 0 amide bonds. The topological polar surface area (TPSA) is 43.0 Å². The Labute approximate surface area is 109 Å². The van der Waals surface area contributed by atoms with Gasteiger partial charge in [-0.15, -0.1) is 0 Å². The Morgan fingerprint density at radius 1 is 1.06 bits per heavy atom. The summed E-state index contributed by atoms with van der Waals surface area (Å²) in [6.45, 7) is 8.03. The lowest BCUT2D eigenvalue weighted by atomic mass is 9.98. The van der Waals surface area contributed by atoms with Crippen LogP contribution < -0.4 is 5.32 Å². The number of hydrogen-bond donors (Lipinski definition) is 1. The first-order valence-corrected chi connectivity index (χ1v) is 7.12. The van der Waals surface area contributed by atoms with Gasteiger partial charge in [0.25, 0.3) is 0 Å². The molecule has 0 aromatic heterocycles. The van der Waals surface area contributed by atoms with Gasteiger partial charge < -0.3 is 19.5 Å². The van der Waals surface area contributed by atoms with E-state index in [1.54, 1.807) is 0 Å². The molecule has 0 aromatic rings. The first kappa shape index (κ1) is 12.8. The van der Waals surface area contributed by atoms with Crippen LogP contribution in [0.3, 0.4) is 0 Å². The minimum atomic E-state index is -0.132. The molecule has 3 saturated heterocycles. The molecule has 0 radical (unpaired) electrons. The molecule has 5 heteroatoms. The molecule has 1 spiro atoms. The van der Waals surface area contributed by atoms with Crippen molar-refractivity contribution in [3.63, 3.8) is 0 Å². The minimum Gasteiger partial charge on any atom is -0.381 e. The van der Waals surface area contributed by atoms with Crippen molar-refractivity contribution < 1.29 is 14.2 Å². The molecular formula is C13H24N2O3. The number of nitrogens with one attached hydrogen (secondary N) is 1. The molecule has 3 aliphatic rings. The van der Waals surface area contributed by atoms with Crippen LogP contribution in [0.1, 0.15) is 12.8 Å². The molecule has 0 aromatic carbocycles. The Kier molecular flexibility index (Phi) is 4.16. The van der Waals surface area contributed by atoms with Crippen LogP contribution in [0.5, 0.6) is 0 Å². The molecule has 0 saturated carbocycles. The van der Waals surface area contributed by atoms with E-state index in [0.717, 1.165) is 72.1 Å². The molecule has 0 bridgehead atoms. The van der Waals surface area contributed by atoms with Crippen LogP contribution in [0.15, 0.2) is 0 Å². The predicted octanol–water partition coefficient (Wildman–Crippen LogP) is -0.144. The summed E-state index contributed by atoms with van der Waals surface area (Å²) in [5, 5.41) is 3.43. The lowest BCUT2D eigenvalue weighted by Gasteiger charge is -2.45. The molecule has 5 nitrogen and oxygen atoms in total. The van der Waals surface area contributed by atoms with Crippen LogP contribution in [0.2, 0.25) is 0 Å². The number of nitrogens with zero attached hydrogens (tertiary/aromatic N) is 1. The summed E-state index contributed by atoms with van der Waals surface area (Å²) in [6, 6.07) is 0.669. The van der Waals surface area contributed by atoms with E-state index in [1.807, 2.05) is 0 Å². The van der Waals surface area contributed by atoms with E-state index in [0.29, 0.717) is 6.04 Å². The van der Waals surface area contributed by atoms with E-state index in [2.05, 4.69) is 10.2 Å². The zero-order chi connectivity index (χ0) is 12.3. The van der Waals surface area contributed by atoms with Gasteiger partial charge in [-0.25, -0.2) is 0 Å². The maximum Gasteiger partial charge on any atom is 0.116 e.